The molecule has 1 aliphatic rings. The highest BCUT2D eigenvalue weighted by Gasteiger charge is 2.24. The number of carbonyl (C=O) groups excluding carboxylic acids is 2. The van der Waals surface area contributed by atoms with Gasteiger partial charge in [0.1, 0.15) is 0 Å². The number of benzene rings is 1. The van der Waals surface area contributed by atoms with Gasteiger partial charge in [0.05, 0.1) is 13.1 Å². The van der Waals surface area contributed by atoms with E-state index >= 15 is 0 Å². The summed E-state index contributed by atoms with van der Waals surface area (Å²) < 4.78 is 0.885. The molecule has 1 aliphatic heterocycles. The zero-order chi connectivity index (χ0) is 12.4. The van der Waals surface area contributed by atoms with Crippen molar-refractivity contribution in [1.29, 1.82) is 0 Å². The molecule has 2 amide bonds. The molecule has 0 radical (unpaired) electrons. The molecule has 0 aliphatic carbocycles. The predicted molar refractivity (Wildman–Crippen MR) is 67.4 cm³/mol. The first-order valence-corrected chi connectivity index (χ1v) is 5.96. The van der Waals surface area contributed by atoms with Crippen molar-refractivity contribution in [1.82, 2.24) is 5.32 Å². The third-order valence-electron chi connectivity index (χ3n) is 2.59. The molecular weight excluding hydrogens is 286 g/mol. The van der Waals surface area contributed by atoms with Crippen LogP contribution < -0.4 is 16.0 Å². The molecule has 0 bridgehead atoms. The largest absolute Gasteiger partial charge is 0.353 e. The number of nitrogens with two attached hydrogens (primary N) is 1. The molecule has 0 spiro atoms. The second-order valence-electron chi connectivity index (χ2n) is 3.77. The molecule has 1 fully saturated rings. The van der Waals surface area contributed by atoms with E-state index in [1.54, 1.807) is 4.90 Å². The van der Waals surface area contributed by atoms with E-state index in [4.69, 9.17) is 5.73 Å². The van der Waals surface area contributed by atoms with Crippen LogP contribution in [0.3, 0.4) is 0 Å². The van der Waals surface area contributed by atoms with Crippen LogP contribution in [0.15, 0.2) is 22.7 Å². The maximum absolute atomic E-state index is 11.3. The normalized spacial score (nSPS) is 16.0. The Kier molecular flexibility index (Phi) is 3.44. The van der Waals surface area contributed by atoms with Gasteiger partial charge in [0.25, 0.3) is 0 Å². The molecule has 3 N–H and O–H groups in total. The second-order valence-corrected chi connectivity index (χ2v) is 4.62. The van der Waals surface area contributed by atoms with Crippen LogP contribution in [0.5, 0.6) is 0 Å². The number of hydrogen-bond donors (Lipinski definition) is 2. The molecule has 0 atom stereocenters. The van der Waals surface area contributed by atoms with Gasteiger partial charge in [0.15, 0.2) is 0 Å². The smallest absolute Gasteiger partial charge is 0.246 e. The Morgan fingerprint density at radius 3 is 2.53 bits per heavy atom. The third-order valence-corrected chi connectivity index (χ3v) is 3.33. The number of piperazine rings is 1. The van der Waals surface area contributed by atoms with Crippen molar-refractivity contribution in [3.8, 4) is 0 Å². The van der Waals surface area contributed by atoms with Crippen molar-refractivity contribution < 1.29 is 9.59 Å². The maximum Gasteiger partial charge on any atom is 0.246 e. The number of nitrogens with zero attached hydrogens (tertiary/aromatic N) is 1. The minimum absolute atomic E-state index is 0.176. The minimum atomic E-state index is -0.288. The zero-order valence-electron chi connectivity index (χ0n) is 9.07. The second kappa shape index (κ2) is 4.85. The Hall–Kier alpha value is -1.40. The molecule has 1 aromatic carbocycles. The van der Waals surface area contributed by atoms with Gasteiger partial charge >= 0.3 is 0 Å². The van der Waals surface area contributed by atoms with E-state index in [-0.39, 0.29) is 24.9 Å². The van der Waals surface area contributed by atoms with Gasteiger partial charge in [-0.15, -0.1) is 0 Å². The lowest BCUT2D eigenvalue weighted by atomic mass is 10.1. The van der Waals surface area contributed by atoms with E-state index in [0.29, 0.717) is 6.54 Å². The van der Waals surface area contributed by atoms with Crippen LogP contribution in [0.1, 0.15) is 5.56 Å². The summed E-state index contributed by atoms with van der Waals surface area (Å²) in [5.74, 6) is -0.576. The van der Waals surface area contributed by atoms with Crippen molar-refractivity contribution in [2.24, 2.45) is 5.73 Å². The average molecular weight is 298 g/mol. The number of carbonyl (C=O) groups is 2. The van der Waals surface area contributed by atoms with Gasteiger partial charge in [-0.05, 0) is 12.1 Å². The Balaban J connectivity index is 2.36. The van der Waals surface area contributed by atoms with Gasteiger partial charge < -0.3 is 10.6 Å². The summed E-state index contributed by atoms with van der Waals surface area (Å²) in [7, 11) is 0. The number of anilines is 1. The van der Waals surface area contributed by atoms with E-state index in [2.05, 4.69) is 21.2 Å². The highest BCUT2D eigenvalue weighted by Crippen LogP contribution is 2.27. The molecule has 90 valence electrons. The highest BCUT2D eigenvalue weighted by molar-refractivity contribution is 9.10. The van der Waals surface area contributed by atoms with E-state index in [1.165, 1.54) is 0 Å². The quantitative estimate of drug-likeness (QED) is 0.774. The molecule has 1 saturated heterocycles. The summed E-state index contributed by atoms with van der Waals surface area (Å²) in [4.78, 5) is 24.4. The van der Waals surface area contributed by atoms with Gasteiger partial charge in [-0.3, -0.25) is 14.9 Å². The lowest BCUT2D eigenvalue weighted by Gasteiger charge is -2.29. The van der Waals surface area contributed by atoms with Crippen molar-refractivity contribution in [2.75, 3.05) is 18.0 Å². The fourth-order valence-electron chi connectivity index (χ4n) is 1.85. The summed E-state index contributed by atoms with van der Waals surface area (Å²) in [6.07, 6.45) is 0. The van der Waals surface area contributed by atoms with Crippen LogP contribution in [-0.4, -0.2) is 24.9 Å². The standard InChI is InChI=1S/C11H12BrN3O2/c12-8-2-1-3-9(7(8)4-13)15-5-10(16)14-11(17)6-15/h1-3H,4-6,13H2,(H,14,16,17). The van der Waals surface area contributed by atoms with Gasteiger partial charge in [-0.2, -0.15) is 0 Å². The molecule has 0 unspecified atom stereocenters. The number of halogens is 1. The summed E-state index contributed by atoms with van der Waals surface area (Å²) in [6.45, 7) is 0.702. The fraction of sp³-hybridized carbons (Fsp3) is 0.273. The maximum atomic E-state index is 11.3. The number of hydrogen-bond acceptors (Lipinski definition) is 4. The van der Waals surface area contributed by atoms with Crippen LogP contribution in [0.4, 0.5) is 5.69 Å². The Morgan fingerprint density at radius 2 is 1.94 bits per heavy atom. The Morgan fingerprint density at radius 1 is 1.29 bits per heavy atom. The average Bonchev–Trinajstić information content (AvgIpc) is 2.27. The first-order valence-electron chi connectivity index (χ1n) is 5.17. The number of nitrogens with one attached hydrogen (secondary N) is 1. The van der Waals surface area contributed by atoms with Crippen molar-refractivity contribution in [3.63, 3.8) is 0 Å². The van der Waals surface area contributed by atoms with Crippen molar-refractivity contribution in [2.45, 2.75) is 6.54 Å². The summed E-state index contributed by atoms with van der Waals surface area (Å²) in [6, 6.07) is 5.60. The monoisotopic (exact) mass is 297 g/mol. The number of amides is 2. The minimum Gasteiger partial charge on any atom is -0.353 e. The van der Waals surface area contributed by atoms with E-state index < -0.39 is 0 Å². The Bertz CT molecular complexity index is 460. The van der Waals surface area contributed by atoms with E-state index in [9.17, 15) is 9.59 Å². The lowest BCUT2D eigenvalue weighted by Crippen LogP contribution is -2.51. The van der Waals surface area contributed by atoms with E-state index in [0.717, 1.165) is 15.7 Å². The van der Waals surface area contributed by atoms with Crippen molar-refractivity contribution >= 4 is 33.4 Å². The molecule has 17 heavy (non-hydrogen) atoms. The van der Waals surface area contributed by atoms with Crippen LogP contribution in [0.25, 0.3) is 0 Å². The SMILES string of the molecule is NCc1c(Br)cccc1N1CC(=O)NC(=O)C1. The molecule has 2 rings (SSSR count). The number of imide groups is 1. The first-order chi connectivity index (χ1) is 8.11. The van der Waals surface area contributed by atoms with Crippen LogP contribution in [0, 0.1) is 0 Å². The van der Waals surface area contributed by atoms with Gasteiger partial charge in [-0.1, -0.05) is 22.0 Å². The van der Waals surface area contributed by atoms with Gasteiger partial charge in [0, 0.05) is 22.3 Å². The lowest BCUT2D eigenvalue weighted by molar-refractivity contribution is -0.130. The van der Waals surface area contributed by atoms with Gasteiger partial charge in [0.2, 0.25) is 11.8 Å². The predicted octanol–water partition coefficient (Wildman–Crippen LogP) is 0.371. The van der Waals surface area contributed by atoms with Crippen LogP contribution in [-0.2, 0) is 16.1 Å². The van der Waals surface area contributed by atoms with Gasteiger partial charge in [-0.25, -0.2) is 0 Å². The fourth-order valence-corrected chi connectivity index (χ4v) is 2.37. The van der Waals surface area contributed by atoms with Crippen LogP contribution >= 0.6 is 15.9 Å². The highest BCUT2D eigenvalue weighted by atomic mass is 79.9. The summed E-state index contributed by atoms with van der Waals surface area (Å²) >= 11 is 3.41. The molecule has 0 saturated carbocycles. The molecule has 1 aromatic rings. The zero-order valence-corrected chi connectivity index (χ0v) is 10.7. The molecule has 5 nitrogen and oxygen atoms in total. The molecule has 0 aromatic heterocycles. The number of rotatable bonds is 2. The Labute approximate surface area is 107 Å². The summed E-state index contributed by atoms with van der Waals surface area (Å²) in [5, 5.41) is 2.27. The molecule has 6 heteroatoms. The van der Waals surface area contributed by atoms with E-state index in [1.807, 2.05) is 18.2 Å². The van der Waals surface area contributed by atoms with Crippen molar-refractivity contribution in [3.05, 3.63) is 28.2 Å². The molecular formula is C11H12BrN3O2. The topological polar surface area (TPSA) is 75.4 Å². The summed E-state index contributed by atoms with van der Waals surface area (Å²) in [5.41, 5.74) is 7.41. The van der Waals surface area contributed by atoms with Crippen LogP contribution in [0.2, 0.25) is 0 Å². The first kappa shape index (κ1) is 12.1. The molecule has 1 heterocycles. The third kappa shape index (κ3) is 2.48.